The molecule has 216 valence electrons. The number of nitrogens with one attached hydrogen (secondary N) is 1. The van der Waals surface area contributed by atoms with Crippen LogP contribution < -0.4 is 5.32 Å². The summed E-state index contributed by atoms with van der Waals surface area (Å²) in [4.78, 5) is 28.6. The number of hydrogen-bond donors (Lipinski definition) is 1. The second kappa shape index (κ2) is 14.1. The molecule has 2 heterocycles. The molecule has 0 spiro atoms. The molecule has 41 heavy (non-hydrogen) atoms. The molecule has 0 unspecified atom stereocenters. The first-order valence-electron chi connectivity index (χ1n) is 14.0. The van der Waals surface area contributed by atoms with E-state index >= 15 is 0 Å². The van der Waals surface area contributed by atoms with Gasteiger partial charge < -0.3 is 9.53 Å². The molecule has 0 aliphatic heterocycles. The van der Waals surface area contributed by atoms with Gasteiger partial charge >= 0.3 is 0 Å². The third-order valence-electron chi connectivity index (χ3n) is 6.65. The van der Waals surface area contributed by atoms with Gasteiger partial charge in [-0.15, -0.1) is 0 Å². The Morgan fingerprint density at radius 1 is 1.05 bits per heavy atom. The van der Waals surface area contributed by atoms with Crippen LogP contribution in [0.15, 0.2) is 67.1 Å². The van der Waals surface area contributed by atoms with Crippen LogP contribution in [0.25, 0.3) is 16.8 Å². The summed E-state index contributed by atoms with van der Waals surface area (Å²) in [6, 6.07) is 14.5. The summed E-state index contributed by atoms with van der Waals surface area (Å²) in [6.07, 6.45) is 10.4. The lowest BCUT2D eigenvalue weighted by molar-refractivity contribution is -0.107. The first-order valence-corrected chi connectivity index (χ1v) is 17.7. The smallest absolute Gasteiger partial charge is 0.258 e. The molecule has 4 aromatic rings. The number of carbonyl (C=O) groups excluding carboxylic acids is 2. The lowest BCUT2D eigenvalue weighted by atomic mass is 10.1. The minimum atomic E-state index is -1.15. The van der Waals surface area contributed by atoms with Gasteiger partial charge in [0, 0.05) is 50.3 Å². The van der Waals surface area contributed by atoms with Gasteiger partial charge in [-0.3, -0.25) is 14.7 Å². The van der Waals surface area contributed by atoms with E-state index in [1.54, 1.807) is 33.6 Å². The Kier molecular flexibility index (Phi) is 10.4. The number of halogens is 1. The number of aldehydes is 1. The highest BCUT2D eigenvalue weighted by atomic mass is 28.3. The second-order valence-electron chi connectivity index (χ2n) is 11.3. The largest absolute Gasteiger partial charge is 0.360 e. The molecular weight excluding hydrogens is 537 g/mol. The van der Waals surface area contributed by atoms with Gasteiger partial charge in [-0.1, -0.05) is 38.2 Å². The maximum Gasteiger partial charge on any atom is 0.258 e. The number of hydrogen-bond acceptors (Lipinski definition) is 5. The van der Waals surface area contributed by atoms with Gasteiger partial charge in [0.2, 0.25) is 5.95 Å². The van der Waals surface area contributed by atoms with Gasteiger partial charge in [0.1, 0.15) is 18.8 Å². The molecule has 0 fully saturated rings. The van der Waals surface area contributed by atoms with Gasteiger partial charge in [0.15, 0.2) is 0 Å². The number of aryl methyl sites for hydroxylation is 1. The van der Waals surface area contributed by atoms with Crippen LogP contribution in [-0.4, -0.2) is 46.2 Å². The monoisotopic (exact) mass is 575 g/mol. The Hall–Kier alpha value is -3.89. The summed E-state index contributed by atoms with van der Waals surface area (Å²) in [7, 11) is -1.15. The minimum absolute atomic E-state index is 0.305. The first kappa shape index (κ1) is 30.1. The molecule has 1 N–H and O–H groups in total. The van der Waals surface area contributed by atoms with Crippen LogP contribution in [0, 0.1) is 5.82 Å². The minimum Gasteiger partial charge on any atom is -0.360 e. The average Bonchev–Trinajstić information content (AvgIpc) is 3.58. The molecule has 0 atom stereocenters. The molecule has 0 saturated carbocycles. The Morgan fingerprint density at radius 2 is 1.85 bits per heavy atom. The predicted molar refractivity (Wildman–Crippen MR) is 161 cm³/mol. The van der Waals surface area contributed by atoms with Gasteiger partial charge in [0.05, 0.1) is 11.9 Å². The molecule has 10 heteroatoms. The van der Waals surface area contributed by atoms with Crippen molar-refractivity contribution in [1.82, 2.24) is 19.3 Å². The number of imidazole rings is 1. The van der Waals surface area contributed by atoms with Crippen molar-refractivity contribution in [2.75, 3.05) is 11.9 Å². The normalized spacial score (nSPS) is 11.5. The maximum atomic E-state index is 13.6. The Bertz CT molecular complexity index is 1440. The van der Waals surface area contributed by atoms with Crippen molar-refractivity contribution < 1.29 is 18.7 Å². The molecule has 0 aliphatic carbocycles. The van der Waals surface area contributed by atoms with Gasteiger partial charge in [-0.2, -0.15) is 5.10 Å². The molecule has 0 radical (unpaired) electrons. The number of rotatable bonds is 15. The highest BCUT2D eigenvalue weighted by molar-refractivity contribution is 6.76. The molecule has 0 saturated heterocycles. The van der Waals surface area contributed by atoms with E-state index in [-0.39, 0.29) is 11.7 Å². The van der Waals surface area contributed by atoms with Gasteiger partial charge in [0.25, 0.3) is 5.91 Å². The van der Waals surface area contributed by atoms with E-state index in [9.17, 15) is 14.0 Å². The van der Waals surface area contributed by atoms with Crippen LogP contribution >= 0.6 is 0 Å². The third-order valence-corrected chi connectivity index (χ3v) is 8.36. The summed E-state index contributed by atoms with van der Waals surface area (Å²) in [5, 5.41) is 7.35. The quantitative estimate of drug-likeness (QED) is 0.0963. The Balaban J connectivity index is 1.46. The Morgan fingerprint density at radius 3 is 2.61 bits per heavy atom. The SMILES string of the molecule is C[Si](C)(C)CCOCn1cc(-c2cccc(C(=O)Nc3nc(CCCCCC=O)cn3-c3ccc(F)cc3)c2)cn1. The molecule has 2 aromatic heterocycles. The number of anilines is 1. The molecule has 0 bridgehead atoms. The van der Waals surface area contributed by atoms with Crippen molar-refractivity contribution in [3.63, 3.8) is 0 Å². The lowest BCUT2D eigenvalue weighted by Gasteiger charge is -2.15. The number of benzene rings is 2. The highest BCUT2D eigenvalue weighted by Gasteiger charge is 2.16. The topological polar surface area (TPSA) is 91.0 Å². The van der Waals surface area contributed by atoms with E-state index in [1.807, 2.05) is 30.6 Å². The fraction of sp³-hybridized carbons (Fsp3) is 0.355. The van der Waals surface area contributed by atoms with Crippen molar-refractivity contribution in [2.45, 2.75) is 64.5 Å². The van der Waals surface area contributed by atoms with Crippen LogP contribution in [0.5, 0.6) is 0 Å². The van der Waals surface area contributed by atoms with E-state index < -0.39 is 8.07 Å². The number of amides is 1. The summed E-state index contributed by atoms with van der Waals surface area (Å²) in [5.41, 5.74) is 3.73. The van der Waals surface area contributed by atoms with Crippen LogP contribution in [0.2, 0.25) is 25.7 Å². The lowest BCUT2D eigenvalue weighted by Crippen LogP contribution is -2.22. The summed E-state index contributed by atoms with van der Waals surface area (Å²) >= 11 is 0. The molecule has 8 nitrogen and oxygen atoms in total. The standard InChI is InChI=1S/C31H38FN5O3Si/c1-41(2,3)18-17-40-23-36-21-26(20-33-36)24-9-8-10-25(19-24)30(39)35-31-34-28(11-6-4-5-7-16-38)22-37(31)29-14-12-27(32)13-15-29/h8-10,12-16,19-22H,4-7,11,17-18,23H2,1-3H3,(H,34,35,39). The van der Waals surface area contributed by atoms with Gasteiger partial charge in [-0.25, -0.2) is 14.1 Å². The maximum absolute atomic E-state index is 13.6. The zero-order chi connectivity index (χ0) is 29.2. The molecular formula is C31H38FN5O3Si. The van der Waals surface area contributed by atoms with Crippen molar-refractivity contribution in [1.29, 1.82) is 0 Å². The molecule has 0 aliphatic rings. The number of nitrogens with zero attached hydrogens (tertiary/aromatic N) is 4. The predicted octanol–water partition coefficient (Wildman–Crippen LogP) is 6.74. The first-order chi connectivity index (χ1) is 19.7. The van der Waals surface area contributed by atoms with E-state index in [1.165, 1.54) is 12.1 Å². The molecule has 2 aromatic carbocycles. The van der Waals surface area contributed by atoms with E-state index in [2.05, 4.69) is 35.0 Å². The molecule has 4 rings (SSSR count). The van der Waals surface area contributed by atoms with Crippen molar-refractivity contribution >= 4 is 26.2 Å². The summed E-state index contributed by atoms with van der Waals surface area (Å²) in [6.45, 7) is 8.06. The fourth-order valence-electron chi connectivity index (χ4n) is 4.28. The zero-order valence-electron chi connectivity index (χ0n) is 24.0. The van der Waals surface area contributed by atoms with Crippen LogP contribution in [0.3, 0.4) is 0 Å². The van der Waals surface area contributed by atoms with Crippen LogP contribution in [0.4, 0.5) is 10.3 Å². The number of ether oxygens (including phenoxy) is 1. The van der Waals surface area contributed by atoms with Crippen LogP contribution in [0.1, 0.15) is 41.7 Å². The Labute approximate surface area is 241 Å². The summed E-state index contributed by atoms with van der Waals surface area (Å²) < 4.78 is 22.9. The van der Waals surface area contributed by atoms with E-state index in [0.717, 1.165) is 55.0 Å². The van der Waals surface area contributed by atoms with E-state index in [4.69, 9.17) is 4.74 Å². The van der Waals surface area contributed by atoms with E-state index in [0.29, 0.717) is 36.8 Å². The second-order valence-corrected chi connectivity index (χ2v) is 16.9. The van der Waals surface area contributed by atoms with Crippen LogP contribution in [-0.2, 0) is 22.7 Å². The molecule has 1 amide bonds. The van der Waals surface area contributed by atoms with Crippen molar-refractivity contribution in [2.24, 2.45) is 0 Å². The fourth-order valence-corrected chi connectivity index (χ4v) is 5.04. The number of unbranched alkanes of at least 4 members (excludes halogenated alkanes) is 3. The van der Waals surface area contributed by atoms with Crippen molar-refractivity contribution in [3.05, 3.63) is 84.2 Å². The van der Waals surface area contributed by atoms with Gasteiger partial charge in [-0.05, 0) is 67.3 Å². The highest BCUT2D eigenvalue weighted by Crippen LogP contribution is 2.23. The number of carbonyl (C=O) groups is 2. The summed E-state index contributed by atoms with van der Waals surface area (Å²) in [5.74, 6) is -0.285. The zero-order valence-corrected chi connectivity index (χ0v) is 25.0. The third kappa shape index (κ3) is 9.06. The average molecular weight is 576 g/mol. The number of aromatic nitrogens is 4. The van der Waals surface area contributed by atoms with Crippen molar-refractivity contribution in [3.8, 4) is 16.8 Å².